The van der Waals surface area contributed by atoms with Gasteiger partial charge in [-0.3, -0.25) is 0 Å². The van der Waals surface area contributed by atoms with Crippen LogP contribution in [0.1, 0.15) is 5.56 Å². The SMILES string of the molecule is Cc1ccc(S(=O)O)c(Cl)c1.[Na]. The number of hydrogen-bond acceptors (Lipinski definition) is 1. The monoisotopic (exact) mass is 213 g/mol. The molecule has 0 aliphatic heterocycles. The Morgan fingerprint density at radius 1 is 1.50 bits per heavy atom. The average molecular weight is 214 g/mol. The van der Waals surface area contributed by atoms with Crippen LogP contribution in [0.3, 0.4) is 0 Å². The van der Waals surface area contributed by atoms with Crippen LogP contribution in [-0.4, -0.2) is 38.3 Å². The fraction of sp³-hybridized carbons (Fsp3) is 0.143. The Kier molecular flexibility index (Phi) is 5.65. The molecule has 0 saturated heterocycles. The van der Waals surface area contributed by atoms with E-state index in [1.54, 1.807) is 18.2 Å². The van der Waals surface area contributed by atoms with Crippen molar-refractivity contribution in [2.75, 3.05) is 0 Å². The zero-order valence-corrected chi connectivity index (χ0v) is 10.4. The van der Waals surface area contributed by atoms with E-state index in [1.807, 2.05) is 6.92 Å². The molecule has 0 aromatic heterocycles. The minimum atomic E-state index is -1.98. The first-order valence-electron chi connectivity index (χ1n) is 2.98. The maximum absolute atomic E-state index is 10.6. The van der Waals surface area contributed by atoms with Crippen LogP contribution in [0.2, 0.25) is 5.02 Å². The smallest absolute Gasteiger partial charge is 0.188 e. The molecule has 2 nitrogen and oxygen atoms in total. The second-order valence-electron chi connectivity index (χ2n) is 2.18. The van der Waals surface area contributed by atoms with Crippen LogP contribution in [0.5, 0.6) is 0 Å². The van der Waals surface area contributed by atoms with E-state index in [4.69, 9.17) is 16.2 Å². The van der Waals surface area contributed by atoms with E-state index in [-0.39, 0.29) is 34.5 Å². The summed E-state index contributed by atoms with van der Waals surface area (Å²) < 4.78 is 19.2. The molecule has 0 aliphatic carbocycles. The van der Waals surface area contributed by atoms with Gasteiger partial charge in [-0.05, 0) is 24.6 Å². The Hall–Kier alpha value is 0.620. The van der Waals surface area contributed by atoms with Crippen molar-refractivity contribution >= 4 is 52.2 Å². The molecule has 1 rings (SSSR count). The Morgan fingerprint density at radius 2 is 2.08 bits per heavy atom. The maximum Gasteiger partial charge on any atom is 0.188 e. The van der Waals surface area contributed by atoms with Crippen LogP contribution in [-0.2, 0) is 11.1 Å². The summed E-state index contributed by atoms with van der Waals surface area (Å²) in [7, 11) is 0. The van der Waals surface area contributed by atoms with Crippen LogP contribution < -0.4 is 0 Å². The molecule has 1 atom stereocenters. The Balaban J connectivity index is 0.00000121. The van der Waals surface area contributed by atoms with Crippen LogP contribution in [0.15, 0.2) is 23.1 Å². The molecule has 1 N–H and O–H groups in total. The fourth-order valence-corrected chi connectivity index (χ4v) is 1.59. The molecule has 0 amide bonds. The van der Waals surface area contributed by atoms with Gasteiger partial charge >= 0.3 is 0 Å². The van der Waals surface area contributed by atoms with E-state index in [2.05, 4.69) is 0 Å². The molecule has 0 fully saturated rings. The first-order chi connectivity index (χ1) is 5.11. The molecule has 0 saturated carbocycles. The Morgan fingerprint density at radius 3 is 2.50 bits per heavy atom. The first-order valence-corrected chi connectivity index (χ1v) is 4.47. The average Bonchev–Trinajstić information content (AvgIpc) is 1.85. The maximum atomic E-state index is 10.6. The van der Waals surface area contributed by atoms with Gasteiger partial charge in [-0.2, -0.15) is 0 Å². The second-order valence-corrected chi connectivity index (χ2v) is 3.53. The van der Waals surface area contributed by atoms with E-state index < -0.39 is 11.1 Å². The van der Waals surface area contributed by atoms with Crippen LogP contribution in [0, 0.1) is 6.92 Å². The molecule has 0 bridgehead atoms. The van der Waals surface area contributed by atoms with Crippen molar-refractivity contribution in [1.82, 2.24) is 0 Å². The van der Waals surface area contributed by atoms with Gasteiger partial charge in [0.05, 0.1) is 9.92 Å². The van der Waals surface area contributed by atoms with Crippen molar-refractivity contribution in [3.05, 3.63) is 28.8 Å². The van der Waals surface area contributed by atoms with Crippen LogP contribution in [0.25, 0.3) is 0 Å². The molecule has 12 heavy (non-hydrogen) atoms. The van der Waals surface area contributed by atoms with Gasteiger partial charge in [0.25, 0.3) is 0 Å². The third kappa shape index (κ3) is 3.17. The number of hydrogen-bond donors (Lipinski definition) is 1. The molecule has 5 heteroatoms. The minimum absolute atomic E-state index is 0. The van der Waals surface area contributed by atoms with E-state index in [0.29, 0.717) is 5.02 Å². The van der Waals surface area contributed by atoms with Gasteiger partial charge in [0.2, 0.25) is 0 Å². The van der Waals surface area contributed by atoms with Crippen molar-refractivity contribution < 1.29 is 8.76 Å². The molecular formula is C7H7ClNaO2S. The molecular weight excluding hydrogens is 207 g/mol. The van der Waals surface area contributed by atoms with E-state index in [9.17, 15) is 4.21 Å². The van der Waals surface area contributed by atoms with Crippen LogP contribution >= 0.6 is 11.6 Å². The summed E-state index contributed by atoms with van der Waals surface area (Å²) in [6, 6.07) is 4.95. The van der Waals surface area contributed by atoms with Crippen LogP contribution in [0.4, 0.5) is 0 Å². The topological polar surface area (TPSA) is 37.3 Å². The molecule has 0 spiro atoms. The van der Waals surface area contributed by atoms with Gasteiger partial charge in [-0.25, -0.2) is 4.21 Å². The zero-order chi connectivity index (χ0) is 8.43. The van der Waals surface area contributed by atoms with Gasteiger partial charge in [-0.1, -0.05) is 17.7 Å². The zero-order valence-electron chi connectivity index (χ0n) is 6.87. The predicted molar refractivity (Wildman–Crippen MR) is 51.0 cm³/mol. The molecule has 0 aliphatic rings. The first kappa shape index (κ1) is 12.6. The Labute approximate surface area is 101 Å². The third-order valence-electron chi connectivity index (χ3n) is 1.28. The van der Waals surface area contributed by atoms with Gasteiger partial charge in [0.1, 0.15) is 0 Å². The second kappa shape index (κ2) is 5.37. The van der Waals surface area contributed by atoms with E-state index >= 15 is 0 Å². The molecule has 1 aromatic carbocycles. The van der Waals surface area contributed by atoms with Gasteiger partial charge in [0, 0.05) is 29.6 Å². The summed E-state index contributed by atoms with van der Waals surface area (Å²) in [5, 5.41) is 0.339. The third-order valence-corrected chi connectivity index (χ3v) is 2.43. The normalized spacial score (nSPS) is 11.9. The summed E-state index contributed by atoms with van der Waals surface area (Å²) >= 11 is 3.69. The van der Waals surface area contributed by atoms with E-state index in [0.717, 1.165) is 5.56 Å². The largest absolute Gasteiger partial charge is 0.302 e. The van der Waals surface area contributed by atoms with Crippen molar-refractivity contribution in [3.8, 4) is 0 Å². The predicted octanol–water partition coefficient (Wildman–Crippen LogP) is 1.85. The summed E-state index contributed by atoms with van der Waals surface area (Å²) in [6.07, 6.45) is 0. The molecule has 1 unspecified atom stereocenters. The van der Waals surface area contributed by atoms with E-state index in [1.165, 1.54) is 0 Å². The number of aryl methyl sites for hydroxylation is 1. The Bertz CT molecular complexity index is 303. The molecule has 1 radical (unpaired) electrons. The molecule has 1 aromatic rings. The number of halogens is 1. The summed E-state index contributed by atoms with van der Waals surface area (Å²) in [5.41, 5.74) is 0.976. The number of rotatable bonds is 1. The molecule has 0 heterocycles. The van der Waals surface area contributed by atoms with Crippen molar-refractivity contribution in [2.45, 2.75) is 11.8 Å². The molecule has 61 valence electrons. The summed E-state index contributed by atoms with van der Waals surface area (Å²) in [6.45, 7) is 1.87. The standard InChI is InChI=1S/C7H7ClO2S.Na/c1-5-2-3-7(11(9)10)6(8)4-5;/h2-4H,1H3,(H,9,10);. The van der Waals surface area contributed by atoms with Gasteiger partial charge < -0.3 is 4.55 Å². The van der Waals surface area contributed by atoms with Gasteiger partial charge in [-0.15, -0.1) is 0 Å². The summed E-state index contributed by atoms with van der Waals surface area (Å²) in [5.74, 6) is 0. The van der Waals surface area contributed by atoms with Crippen molar-refractivity contribution in [2.24, 2.45) is 0 Å². The van der Waals surface area contributed by atoms with Gasteiger partial charge in [0.15, 0.2) is 11.1 Å². The fourth-order valence-electron chi connectivity index (χ4n) is 0.747. The van der Waals surface area contributed by atoms with Crippen molar-refractivity contribution in [3.63, 3.8) is 0 Å². The van der Waals surface area contributed by atoms with Crippen molar-refractivity contribution in [1.29, 1.82) is 0 Å². The summed E-state index contributed by atoms with van der Waals surface area (Å²) in [4.78, 5) is 0.261. The quantitative estimate of drug-likeness (QED) is 0.571. The number of benzene rings is 1. The minimum Gasteiger partial charge on any atom is -0.302 e.